The minimum atomic E-state index is -5.30. The van der Waals surface area contributed by atoms with Crippen LogP contribution in [0.25, 0.3) is 0 Å². The number of nitrogens with zero attached hydrogens (tertiary/aromatic N) is 2. The first-order chi connectivity index (χ1) is 8.20. The number of hydrogen-bond donors (Lipinski definition) is 1. The van der Waals surface area contributed by atoms with E-state index in [4.69, 9.17) is 10.4 Å². The monoisotopic (exact) mass is 266 g/mol. The molecule has 0 aliphatic rings. The number of halogens is 5. The fourth-order valence-electron chi connectivity index (χ4n) is 1.29. The number of rotatable bonds is 2. The maximum absolute atomic E-state index is 12.6. The zero-order chi connectivity index (χ0) is 14.1. The quantitative estimate of drug-likeness (QED) is 0.835. The number of aromatic carboxylic acids is 1. The molecule has 0 aliphatic heterocycles. The summed E-state index contributed by atoms with van der Waals surface area (Å²) in [4.78, 5) is 13.5. The van der Waals surface area contributed by atoms with Gasteiger partial charge in [0.15, 0.2) is 5.69 Å². The number of pyridine rings is 1. The molecule has 0 radical (unpaired) electrons. The molecule has 1 heterocycles. The van der Waals surface area contributed by atoms with Crippen molar-refractivity contribution in [3.8, 4) is 6.07 Å². The molecule has 0 aliphatic carbocycles. The van der Waals surface area contributed by atoms with Crippen LogP contribution < -0.4 is 0 Å². The first-order valence-electron chi connectivity index (χ1n) is 4.21. The van der Waals surface area contributed by atoms with Gasteiger partial charge < -0.3 is 5.11 Å². The van der Waals surface area contributed by atoms with Gasteiger partial charge in [0.05, 0.1) is 5.56 Å². The summed E-state index contributed by atoms with van der Waals surface area (Å²) in [5, 5.41) is 17.0. The predicted molar refractivity (Wildman–Crippen MR) is 45.9 cm³/mol. The van der Waals surface area contributed by atoms with Crippen LogP contribution in [0.2, 0.25) is 0 Å². The van der Waals surface area contributed by atoms with Crippen molar-refractivity contribution in [2.75, 3.05) is 0 Å². The van der Waals surface area contributed by atoms with Crippen LogP contribution in [0.1, 0.15) is 33.6 Å². The summed E-state index contributed by atoms with van der Waals surface area (Å²) < 4.78 is 62.9. The first kappa shape index (κ1) is 13.8. The lowest BCUT2D eigenvalue weighted by Gasteiger charge is -2.15. The molecule has 0 fully saturated rings. The van der Waals surface area contributed by atoms with E-state index < -0.39 is 41.0 Å². The highest BCUT2D eigenvalue weighted by atomic mass is 19.4. The zero-order valence-corrected chi connectivity index (χ0v) is 8.29. The fourth-order valence-corrected chi connectivity index (χ4v) is 1.29. The van der Waals surface area contributed by atoms with Gasteiger partial charge in [0.25, 0.3) is 6.43 Å². The number of hydrogen-bond acceptors (Lipinski definition) is 3. The third-order valence-electron chi connectivity index (χ3n) is 1.96. The normalized spacial score (nSPS) is 11.4. The van der Waals surface area contributed by atoms with Crippen LogP contribution in [-0.4, -0.2) is 16.1 Å². The standard InChI is InChI=1S/C9H3F5N2O2/c10-7(11)5-3(8(17)18)2-16-4(1-15)6(5)9(12,13)14/h2,7H,(H,17,18). The Bertz CT molecular complexity index is 533. The summed E-state index contributed by atoms with van der Waals surface area (Å²) >= 11 is 0. The van der Waals surface area contributed by atoms with Crippen molar-refractivity contribution in [2.45, 2.75) is 12.6 Å². The highest BCUT2D eigenvalue weighted by Crippen LogP contribution is 2.39. The molecule has 1 aromatic rings. The van der Waals surface area contributed by atoms with Gasteiger partial charge in [0.2, 0.25) is 0 Å². The number of alkyl halides is 5. The smallest absolute Gasteiger partial charge is 0.419 e. The minimum absolute atomic E-state index is 0.303. The molecule has 18 heavy (non-hydrogen) atoms. The van der Waals surface area contributed by atoms with E-state index in [0.29, 0.717) is 6.20 Å². The summed E-state index contributed by atoms with van der Waals surface area (Å²) in [5.74, 6) is -1.98. The second-order valence-electron chi connectivity index (χ2n) is 3.02. The van der Waals surface area contributed by atoms with Crippen LogP contribution in [0.15, 0.2) is 6.20 Å². The molecule has 1 aromatic heterocycles. The first-order valence-corrected chi connectivity index (χ1v) is 4.21. The second-order valence-corrected chi connectivity index (χ2v) is 3.02. The Morgan fingerprint density at radius 3 is 2.33 bits per heavy atom. The molecule has 1 N–H and O–H groups in total. The second kappa shape index (κ2) is 4.56. The SMILES string of the molecule is N#Cc1ncc(C(=O)O)c(C(F)F)c1C(F)(F)F. The molecule has 9 heteroatoms. The van der Waals surface area contributed by atoms with E-state index in [1.54, 1.807) is 0 Å². The van der Waals surface area contributed by atoms with Crippen LogP contribution in [0.4, 0.5) is 22.0 Å². The number of nitriles is 1. The Morgan fingerprint density at radius 2 is 2.00 bits per heavy atom. The molecule has 0 unspecified atom stereocenters. The third kappa shape index (κ3) is 2.37. The van der Waals surface area contributed by atoms with Gasteiger partial charge in [-0.15, -0.1) is 0 Å². The van der Waals surface area contributed by atoms with Crippen molar-refractivity contribution in [2.24, 2.45) is 0 Å². The maximum atomic E-state index is 12.6. The Morgan fingerprint density at radius 1 is 1.44 bits per heavy atom. The largest absolute Gasteiger partial charge is 0.478 e. The number of carboxylic acid groups (broad SMARTS) is 1. The Kier molecular flexibility index (Phi) is 3.50. The van der Waals surface area contributed by atoms with E-state index in [1.807, 2.05) is 0 Å². The molecule has 0 aromatic carbocycles. The van der Waals surface area contributed by atoms with Gasteiger partial charge in [-0.2, -0.15) is 18.4 Å². The van der Waals surface area contributed by atoms with Crippen molar-refractivity contribution < 1.29 is 31.9 Å². The van der Waals surface area contributed by atoms with Crippen molar-refractivity contribution >= 4 is 5.97 Å². The lowest BCUT2D eigenvalue weighted by Crippen LogP contribution is -2.17. The summed E-state index contributed by atoms with van der Waals surface area (Å²) in [5.41, 5.74) is -6.33. The number of aromatic nitrogens is 1. The van der Waals surface area contributed by atoms with Crippen LogP contribution >= 0.6 is 0 Å². The lowest BCUT2D eigenvalue weighted by atomic mass is 10.0. The van der Waals surface area contributed by atoms with Crippen LogP contribution in [0.5, 0.6) is 0 Å². The summed E-state index contributed by atoms with van der Waals surface area (Å²) in [6, 6.07) is 1.01. The van der Waals surface area contributed by atoms with Gasteiger partial charge in [-0.3, -0.25) is 0 Å². The Labute approximate surface area is 96.3 Å². The summed E-state index contributed by atoms with van der Waals surface area (Å²) in [7, 11) is 0. The minimum Gasteiger partial charge on any atom is -0.478 e. The lowest BCUT2D eigenvalue weighted by molar-refractivity contribution is -0.140. The molecular formula is C9H3F5N2O2. The highest BCUT2D eigenvalue weighted by molar-refractivity contribution is 5.89. The van der Waals surface area contributed by atoms with E-state index in [9.17, 15) is 26.7 Å². The van der Waals surface area contributed by atoms with Gasteiger partial charge in [-0.1, -0.05) is 0 Å². The van der Waals surface area contributed by atoms with Gasteiger partial charge >= 0.3 is 12.1 Å². The summed E-state index contributed by atoms with van der Waals surface area (Å²) in [6.45, 7) is 0. The van der Waals surface area contributed by atoms with Gasteiger partial charge in [-0.05, 0) is 0 Å². The molecule has 0 spiro atoms. The fraction of sp³-hybridized carbons (Fsp3) is 0.222. The molecule has 0 saturated heterocycles. The molecule has 0 saturated carbocycles. The van der Waals surface area contributed by atoms with Crippen molar-refractivity contribution in [1.29, 1.82) is 5.26 Å². The van der Waals surface area contributed by atoms with E-state index in [1.165, 1.54) is 0 Å². The molecule has 0 amide bonds. The Balaban J connectivity index is 3.78. The Hall–Kier alpha value is -2.24. The van der Waals surface area contributed by atoms with E-state index >= 15 is 0 Å². The third-order valence-corrected chi connectivity index (χ3v) is 1.96. The van der Waals surface area contributed by atoms with Crippen molar-refractivity contribution in [3.05, 3.63) is 28.6 Å². The van der Waals surface area contributed by atoms with Crippen LogP contribution in [-0.2, 0) is 6.18 Å². The molecule has 1 rings (SSSR count). The zero-order valence-electron chi connectivity index (χ0n) is 8.29. The van der Waals surface area contributed by atoms with E-state index in [0.717, 1.165) is 6.07 Å². The van der Waals surface area contributed by atoms with Gasteiger partial charge in [0.1, 0.15) is 11.6 Å². The average Bonchev–Trinajstić information content (AvgIpc) is 2.25. The number of carbonyl (C=O) groups is 1. The maximum Gasteiger partial charge on any atom is 0.419 e. The highest BCUT2D eigenvalue weighted by Gasteiger charge is 2.41. The van der Waals surface area contributed by atoms with Gasteiger partial charge in [-0.25, -0.2) is 18.6 Å². The molecule has 0 atom stereocenters. The molecule has 4 nitrogen and oxygen atoms in total. The van der Waals surface area contributed by atoms with Gasteiger partial charge in [0, 0.05) is 11.8 Å². The van der Waals surface area contributed by atoms with Crippen LogP contribution in [0.3, 0.4) is 0 Å². The summed E-state index contributed by atoms with van der Waals surface area (Å²) in [6.07, 6.45) is -8.68. The number of carboxylic acids is 1. The van der Waals surface area contributed by atoms with Crippen LogP contribution in [0, 0.1) is 11.3 Å². The van der Waals surface area contributed by atoms with E-state index in [-0.39, 0.29) is 0 Å². The van der Waals surface area contributed by atoms with Crippen molar-refractivity contribution in [3.63, 3.8) is 0 Å². The molecule has 0 bridgehead atoms. The topological polar surface area (TPSA) is 74.0 Å². The predicted octanol–water partition coefficient (Wildman–Crippen LogP) is 2.61. The van der Waals surface area contributed by atoms with E-state index in [2.05, 4.69) is 4.98 Å². The molecular weight excluding hydrogens is 263 g/mol. The molecule has 96 valence electrons. The average molecular weight is 266 g/mol. The van der Waals surface area contributed by atoms with Crippen molar-refractivity contribution in [1.82, 2.24) is 4.98 Å².